The van der Waals surface area contributed by atoms with Crippen LogP contribution in [-0.4, -0.2) is 24.5 Å². The van der Waals surface area contributed by atoms with Crippen LogP contribution in [0.4, 0.5) is 0 Å². The van der Waals surface area contributed by atoms with E-state index in [0.717, 1.165) is 5.92 Å². The average molecular weight is 201 g/mol. The summed E-state index contributed by atoms with van der Waals surface area (Å²) in [4.78, 5) is 2.47. The van der Waals surface area contributed by atoms with Crippen LogP contribution in [0, 0.1) is 0 Å². The second kappa shape index (κ2) is 3.08. The van der Waals surface area contributed by atoms with Crippen molar-refractivity contribution >= 4 is 0 Å². The molecule has 1 saturated carbocycles. The number of aryl methyl sites for hydroxylation is 1. The smallest absolute Gasteiger partial charge is 0.0275 e. The van der Waals surface area contributed by atoms with E-state index < -0.39 is 0 Å². The van der Waals surface area contributed by atoms with E-state index in [1.165, 1.54) is 25.7 Å². The van der Waals surface area contributed by atoms with Crippen molar-refractivity contribution in [2.75, 3.05) is 14.1 Å². The molecule has 15 heavy (non-hydrogen) atoms. The topological polar surface area (TPSA) is 3.24 Å². The van der Waals surface area contributed by atoms with Gasteiger partial charge >= 0.3 is 0 Å². The van der Waals surface area contributed by atoms with Gasteiger partial charge in [0.1, 0.15) is 0 Å². The fourth-order valence-corrected chi connectivity index (χ4v) is 3.58. The van der Waals surface area contributed by atoms with Gasteiger partial charge in [-0.15, -0.1) is 0 Å². The Kier molecular flexibility index (Phi) is 1.93. The molecule has 1 heteroatoms. The minimum Gasteiger partial charge on any atom is -0.303 e. The SMILES string of the molecule is CN(C)C12CCc3ccccc3C1CC2. The van der Waals surface area contributed by atoms with Gasteiger partial charge < -0.3 is 4.90 Å². The van der Waals surface area contributed by atoms with Crippen LogP contribution in [0.2, 0.25) is 0 Å². The first kappa shape index (κ1) is 9.41. The van der Waals surface area contributed by atoms with Gasteiger partial charge in [-0.2, -0.15) is 0 Å². The molecule has 80 valence electrons. The number of rotatable bonds is 1. The van der Waals surface area contributed by atoms with Gasteiger partial charge in [0.25, 0.3) is 0 Å². The molecule has 0 N–H and O–H groups in total. The molecule has 2 unspecified atom stereocenters. The molecule has 1 aromatic rings. The Bertz CT molecular complexity index is 383. The first-order chi connectivity index (χ1) is 7.24. The Labute approximate surface area is 92.1 Å². The van der Waals surface area contributed by atoms with Crippen molar-refractivity contribution in [3.05, 3.63) is 35.4 Å². The van der Waals surface area contributed by atoms with Gasteiger partial charge in [-0.05, 0) is 50.9 Å². The lowest BCUT2D eigenvalue weighted by molar-refractivity contribution is 0.0146. The van der Waals surface area contributed by atoms with Crippen LogP contribution in [0.3, 0.4) is 0 Å². The standard InChI is InChI=1S/C14H19N/c1-15(2)14-9-7-11-5-3-4-6-12(11)13(14)8-10-14/h3-6,13H,7-10H2,1-2H3. The number of hydrogen-bond acceptors (Lipinski definition) is 1. The lowest BCUT2D eigenvalue weighted by Gasteiger charge is -2.57. The number of fused-ring (bicyclic) bond motifs is 3. The zero-order valence-electron chi connectivity index (χ0n) is 9.66. The lowest BCUT2D eigenvalue weighted by atomic mass is 9.57. The summed E-state index contributed by atoms with van der Waals surface area (Å²) in [6.45, 7) is 0. The molecular weight excluding hydrogens is 182 g/mol. The highest BCUT2D eigenvalue weighted by atomic mass is 15.2. The van der Waals surface area contributed by atoms with E-state index in [1.807, 2.05) is 0 Å². The molecule has 0 amide bonds. The third-order valence-corrected chi connectivity index (χ3v) is 4.66. The van der Waals surface area contributed by atoms with Crippen LogP contribution >= 0.6 is 0 Å². The second-order valence-electron chi connectivity index (χ2n) is 5.29. The molecule has 0 radical (unpaired) electrons. The monoisotopic (exact) mass is 201 g/mol. The predicted octanol–water partition coefficient (Wildman–Crippen LogP) is 2.81. The van der Waals surface area contributed by atoms with E-state index in [9.17, 15) is 0 Å². The zero-order valence-corrected chi connectivity index (χ0v) is 9.66. The van der Waals surface area contributed by atoms with Crippen molar-refractivity contribution in [3.63, 3.8) is 0 Å². The fraction of sp³-hybridized carbons (Fsp3) is 0.571. The predicted molar refractivity (Wildman–Crippen MR) is 63.2 cm³/mol. The highest BCUT2D eigenvalue weighted by Crippen LogP contribution is 2.54. The summed E-state index contributed by atoms with van der Waals surface area (Å²) in [7, 11) is 4.50. The maximum atomic E-state index is 2.47. The molecule has 0 aromatic heterocycles. The van der Waals surface area contributed by atoms with Gasteiger partial charge in [0.2, 0.25) is 0 Å². The largest absolute Gasteiger partial charge is 0.303 e. The first-order valence-corrected chi connectivity index (χ1v) is 5.99. The van der Waals surface area contributed by atoms with Gasteiger partial charge in [-0.25, -0.2) is 0 Å². The highest BCUT2D eigenvalue weighted by Gasteiger charge is 2.51. The molecule has 3 rings (SSSR count). The minimum atomic E-state index is 0.494. The molecule has 0 spiro atoms. The molecular formula is C14H19N. The first-order valence-electron chi connectivity index (χ1n) is 5.99. The van der Waals surface area contributed by atoms with Crippen molar-refractivity contribution in [2.45, 2.75) is 37.1 Å². The number of hydrogen-bond donors (Lipinski definition) is 0. The molecule has 0 heterocycles. The molecule has 2 atom stereocenters. The Balaban J connectivity index is 2.04. The third kappa shape index (κ3) is 1.13. The third-order valence-electron chi connectivity index (χ3n) is 4.66. The van der Waals surface area contributed by atoms with Gasteiger partial charge in [0, 0.05) is 11.5 Å². The lowest BCUT2D eigenvalue weighted by Crippen LogP contribution is -2.57. The van der Waals surface area contributed by atoms with Gasteiger partial charge in [0.15, 0.2) is 0 Å². The molecule has 2 aliphatic carbocycles. The van der Waals surface area contributed by atoms with Crippen molar-refractivity contribution in [1.29, 1.82) is 0 Å². The summed E-state index contributed by atoms with van der Waals surface area (Å²) < 4.78 is 0. The Morgan fingerprint density at radius 3 is 2.67 bits per heavy atom. The normalized spacial score (nSPS) is 33.1. The zero-order chi connectivity index (χ0) is 10.5. The maximum absolute atomic E-state index is 2.47. The van der Waals surface area contributed by atoms with Crippen LogP contribution in [-0.2, 0) is 6.42 Å². The van der Waals surface area contributed by atoms with Gasteiger partial charge in [-0.3, -0.25) is 0 Å². The van der Waals surface area contributed by atoms with E-state index in [4.69, 9.17) is 0 Å². The quantitative estimate of drug-likeness (QED) is 0.675. The molecule has 0 bridgehead atoms. The van der Waals surface area contributed by atoms with Crippen LogP contribution in [0.15, 0.2) is 24.3 Å². The molecule has 0 saturated heterocycles. The number of nitrogens with zero attached hydrogens (tertiary/aromatic N) is 1. The van der Waals surface area contributed by atoms with Crippen molar-refractivity contribution < 1.29 is 0 Å². The van der Waals surface area contributed by atoms with Gasteiger partial charge in [-0.1, -0.05) is 24.3 Å². The van der Waals surface area contributed by atoms with E-state index in [2.05, 4.69) is 43.3 Å². The number of benzene rings is 1. The second-order valence-corrected chi connectivity index (χ2v) is 5.29. The van der Waals surface area contributed by atoms with Gasteiger partial charge in [0.05, 0.1) is 0 Å². The minimum absolute atomic E-state index is 0.494. The molecule has 1 fully saturated rings. The fourth-order valence-electron chi connectivity index (χ4n) is 3.58. The van der Waals surface area contributed by atoms with Crippen LogP contribution < -0.4 is 0 Å². The summed E-state index contributed by atoms with van der Waals surface area (Å²) >= 11 is 0. The Morgan fingerprint density at radius 1 is 1.20 bits per heavy atom. The van der Waals surface area contributed by atoms with Crippen molar-refractivity contribution in [1.82, 2.24) is 4.90 Å². The molecule has 0 aliphatic heterocycles. The van der Waals surface area contributed by atoms with E-state index in [0.29, 0.717) is 5.54 Å². The summed E-state index contributed by atoms with van der Waals surface area (Å²) in [5, 5.41) is 0. The van der Waals surface area contributed by atoms with E-state index >= 15 is 0 Å². The summed E-state index contributed by atoms with van der Waals surface area (Å²) in [6.07, 6.45) is 5.39. The van der Waals surface area contributed by atoms with E-state index in [-0.39, 0.29) is 0 Å². The maximum Gasteiger partial charge on any atom is 0.0275 e. The average Bonchev–Trinajstić information content (AvgIpc) is 2.18. The van der Waals surface area contributed by atoms with E-state index in [1.54, 1.807) is 11.1 Å². The molecule has 1 nitrogen and oxygen atoms in total. The molecule has 2 aliphatic rings. The number of likely N-dealkylation sites (N-methyl/N-ethyl adjacent to an activating group) is 1. The van der Waals surface area contributed by atoms with Crippen LogP contribution in [0.1, 0.15) is 36.3 Å². The van der Waals surface area contributed by atoms with Crippen molar-refractivity contribution in [2.24, 2.45) is 0 Å². The Morgan fingerprint density at radius 2 is 2.00 bits per heavy atom. The summed E-state index contributed by atoms with van der Waals surface area (Å²) in [5.74, 6) is 0.803. The summed E-state index contributed by atoms with van der Waals surface area (Å²) in [6, 6.07) is 9.03. The Hall–Kier alpha value is -0.820. The summed E-state index contributed by atoms with van der Waals surface area (Å²) in [5.41, 5.74) is 3.72. The van der Waals surface area contributed by atoms with Crippen LogP contribution in [0.25, 0.3) is 0 Å². The molecule has 1 aromatic carbocycles. The highest BCUT2D eigenvalue weighted by molar-refractivity contribution is 5.39. The van der Waals surface area contributed by atoms with Crippen LogP contribution in [0.5, 0.6) is 0 Å². The van der Waals surface area contributed by atoms with Crippen molar-refractivity contribution in [3.8, 4) is 0 Å².